The number of nitrogens with zero attached hydrogens (tertiary/aromatic N) is 4. The van der Waals surface area contributed by atoms with Gasteiger partial charge in [-0.15, -0.1) is 0 Å². The largest absolute Gasteiger partial charge is 0.340 e. The molecule has 0 unspecified atom stereocenters. The van der Waals surface area contributed by atoms with E-state index in [1.165, 1.54) is 47.9 Å². The Balaban J connectivity index is 1.39. The van der Waals surface area contributed by atoms with Crippen molar-refractivity contribution in [2.45, 2.75) is 17.7 Å². The maximum Gasteiger partial charge on any atom is 0.249 e. The Labute approximate surface area is 213 Å². The molecule has 0 spiro atoms. The third-order valence-corrected chi connectivity index (χ3v) is 7.90. The summed E-state index contributed by atoms with van der Waals surface area (Å²) in [6.45, 7) is 0.476. The van der Waals surface area contributed by atoms with Gasteiger partial charge >= 0.3 is 0 Å². The second-order valence-electron chi connectivity index (χ2n) is 8.37. The highest BCUT2D eigenvalue weighted by Gasteiger charge is 2.33. The highest BCUT2D eigenvalue weighted by Crippen LogP contribution is 2.26. The lowest BCUT2D eigenvalue weighted by atomic mass is 9.97. The minimum absolute atomic E-state index is 0.131. The molecule has 1 aliphatic rings. The number of nitrogens with one attached hydrogen (secondary N) is 2. The van der Waals surface area contributed by atoms with Gasteiger partial charge in [0.1, 0.15) is 5.82 Å². The van der Waals surface area contributed by atoms with Gasteiger partial charge in [0.15, 0.2) is 11.6 Å². The van der Waals surface area contributed by atoms with Crippen molar-refractivity contribution in [3.8, 4) is 0 Å². The van der Waals surface area contributed by atoms with Gasteiger partial charge in [-0.1, -0.05) is 0 Å². The van der Waals surface area contributed by atoms with Gasteiger partial charge in [0.25, 0.3) is 0 Å². The van der Waals surface area contributed by atoms with E-state index in [0.29, 0.717) is 30.0 Å². The van der Waals surface area contributed by atoms with Crippen LogP contribution in [-0.4, -0.2) is 60.9 Å². The smallest absolute Gasteiger partial charge is 0.249 e. The quantitative estimate of drug-likeness (QED) is 0.422. The van der Waals surface area contributed by atoms with Crippen molar-refractivity contribution in [3.05, 3.63) is 66.4 Å². The second kappa shape index (κ2) is 11.2. The average molecular weight is 533 g/mol. The number of hydrogen-bond acceptors (Lipinski definition) is 8. The molecule has 1 saturated heterocycles. The van der Waals surface area contributed by atoms with E-state index >= 15 is 0 Å². The van der Waals surface area contributed by atoms with Gasteiger partial charge in [0, 0.05) is 49.7 Å². The fourth-order valence-electron chi connectivity index (χ4n) is 3.89. The molecule has 196 valence electrons. The highest BCUT2D eigenvalue weighted by molar-refractivity contribution is 7.89. The summed E-state index contributed by atoms with van der Waals surface area (Å²) in [4.78, 5) is 25.7. The zero-order chi connectivity index (χ0) is 26.6. The maximum absolute atomic E-state index is 13.4. The fraction of sp³-hybridized carbons (Fsp3) is 0.292. The number of anilines is 4. The number of halogens is 2. The SMILES string of the molecule is CON(C)C(=O)C1CCN(S(=O)(=O)c2ccc(Nc3nccc(Nc4ccc(F)c(F)c4)n3)cc2)CC1. The number of sulfonamides is 1. The molecule has 0 aliphatic carbocycles. The van der Waals surface area contributed by atoms with Crippen LogP contribution in [0.4, 0.5) is 31.9 Å². The lowest BCUT2D eigenvalue weighted by Crippen LogP contribution is -2.43. The molecule has 37 heavy (non-hydrogen) atoms. The number of hydrogen-bond donors (Lipinski definition) is 2. The van der Waals surface area contributed by atoms with Crippen molar-refractivity contribution in [3.63, 3.8) is 0 Å². The molecule has 1 fully saturated rings. The second-order valence-corrected chi connectivity index (χ2v) is 10.3. The van der Waals surface area contributed by atoms with E-state index in [2.05, 4.69) is 20.6 Å². The van der Waals surface area contributed by atoms with E-state index in [-0.39, 0.29) is 35.8 Å². The normalized spacial score (nSPS) is 14.8. The van der Waals surface area contributed by atoms with Gasteiger partial charge in [-0.2, -0.15) is 9.29 Å². The van der Waals surface area contributed by atoms with Crippen LogP contribution in [0.5, 0.6) is 0 Å². The lowest BCUT2D eigenvalue weighted by molar-refractivity contribution is -0.174. The third kappa shape index (κ3) is 6.18. The minimum Gasteiger partial charge on any atom is -0.340 e. The lowest BCUT2D eigenvalue weighted by Gasteiger charge is -2.31. The van der Waals surface area contributed by atoms with Crippen molar-refractivity contribution in [1.82, 2.24) is 19.3 Å². The molecular weight excluding hydrogens is 506 g/mol. The number of aromatic nitrogens is 2. The van der Waals surface area contributed by atoms with Crippen LogP contribution in [0.3, 0.4) is 0 Å². The van der Waals surface area contributed by atoms with Gasteiger partial charge in [0.05, 0.1) is 12.0 Å². The molecule has 2 N–H and O–H groups in total. The maximum atomic E-state index is 13.4. The molecule has 0 radical (unpaired) electrons. The van der Waals surface area contributed by atoms with Crippen molar-refractivity contribution < 1.29 is 26.8 Å². The summed E-state index contributed by atoms with van der Waals surface area (Å²) in [6.07, 6.45) is 2.31. The number of carbonyl (C=O) groups is 1. The fourth-order valence-corrected chi connectivity index (χ4v) is 5.36. The topological polar surface area (TPSA) is 117 Å². The van der Waals surface area contributed by atoms with Crippen LogP contribution in [0.2, 0.25) is 0 Å². The summed E-state index contributed by atoms with van der Waals surface area (Å²) in [5, 5.41) is 7.02. The Morgan fingerprint density at radius 1 is 1.03 bits per heavy atom. The summed E-state index contributed by atoms with van der Waals surface area (Å²) in [7, 11) is -0.782. The average Bonchev–Trinajstić information content (AvgIpc) is 2.90. The van der Waals surface area contributed by atoms with Crippen LogP contribution in [0.25, 0.3) is 0 Å². The van der Waals surface area contributed by atoms with Crippen molar-refractivity contribution in [2.24, 2.45) is 5.92 Å². The summed E-state index contributed by atoms with van der Waals surface area (Å²) < 4.78 is 54.1. The Morgan fingerprint density at radius 2 is 1.70 bits per heavy atom. The standard InChI is InChI=1S/C24H26F2N6O4S/c1-31(36-2)23(33)16-10-13-32(14-11-16)37(34,35)19-6-3-17(4-7-19)29-24-27-12-9-22(30-24)28-18-5-8-20(25)21(26)15-18/h3-9,12,15-16H,10-11,13-14H2,1-2H3,(H2,27,28,29,30). The van der Waals surface area contributed by atoms with Gasteiger partial charge in [-0.3, -0.25) is 9.63 Å². The molecule has 0 atom stereocenters. The summed E-state index contributed by atoms with van der Waals surface area (Å²) in [5.41, 5.74) is 0.869. The summed E-state index contributed by atoms with van der Waals surface area (Å²) in [6, 6.07) is 11.1. The van der Waals surface area contributed by atoms with Crippen LogP contribution in [-0.2, 0) is 19.7 Å². The number of carbonyl (C=O) groups excluding carboxylic acids is 1. The minimum atomic E-state index is -3.72. The number of rotatable bonds is 8. The van der Waals surface area contributed by atoms with Crippen LogP contribution in [0, 0.1) is 17.6 Å². The first-order chi connectivity index (χ1) is 17.7. The van der Waals surface area contributed by atoms with Crippen LogP contribution < -0.4 is 10.6 Å². The zero-order valence-corrected chi connectivity index (χ0v) is 21.0. The molecule has 2 heterocycles. The van der Waals surface area contributed by atoms with Gasteiger partial charge in [-0.25, -0.2) is 27.2 Å². The van der Waals surface area contributed by atoms with Crippen LogP contribution in [0.1, 0.15) is 12.8 Å². The molecule has 1 aliphatic heterocycles. The van der Waals surface area contributed by atoms with Gasteiger partial charge in [-0.05, 0) is 55.3 Å². The molecule has 4 rings (SSSR count). The summed E-state index contributed by atoms with van der Waals surface area (Å²) >= 11 is 0. The van der Waals surface area contributed by atoms with Gasteiger partial charge < -0.3 is 10.6 Å². The molecule has 1 amide bonds. The third-order valence-electron chi connectivity index (χ3n) is 5.98. The van der Waals surface area contributed by atoms with Crippen LogP contribution in [0.15, 0.2) is 59.6 Å². The Hall–Kier alpha value is -3.68. The van der Waals surface area contributed by atoms with Crippen molar-refractivity contribution in [2.75, 3.05) is 37.9 Å². The van der Waals surface area contributed by atoms with E-state index < -0.39 is 21.7 Å². The number of benzene rings is 2. The monoisotopic (exact) mass is 532 g/mol. The number of piperidine rings is 1. The first-order valence-electron chi connectivity index (χ1n) is 11.4. The predicted octanol–water partition coefficient (Wildman–Crippen LogP) is 3.66. The molecular formula is C24H26F2N6O4S. The Morgan fingerprint density at radius 3 is 2.35 bits per heavy atom. The Kier molecular flexibility index (Phi) is 7.95. The van der Waals surface area contributed by atoms with E-state index in [4.69, 9.17) is 4.84 Å². The molecule has 1 aromatic heterocycles. The molecule has 3 aromatic rings. The highest BCUT2D eigenvalue weighted by atomic mass is 32.2. The van der Waals surface area contributed by atoms with E-state index in [1.54, 1.807) is 18.2 Å². The van der Waals surface area contributed by atoms with Gasteiger partial charge in [0.2, 0.25) is 21.9 Å². The predicted molar refractivity (Wildman–Crippen MR) is 133 cm³/mol. The van der Waals surface area contributed by atoms with Crippen molar-refractivity contribution in [1.29, 1.82) is 0 Å². The van der Waals surface area contributed by atoms with Crippen molar-refractivity contribution >= 4 is 39.1 Å². The molecule has 10 nitrogen and oxygen atoms in total. The summed E-state index contributed by atoms with van der Waals surface area (Å²) in [5.74, 6) is -1.81. The molecule has 13 heteroatoms. The molecule has 2 aromatic carbocycles. The first kappa shape index (κ1) is 26.4. The molecule has 0 bridgehead atoms. The Bertz CT molecular complexity index is 1370. The first-order valence-corrected chi connectivity index (χ1v) is 12.9. The number of amides is 1. The molecule has 0 saturated carbocycles. The van der Waals surface area contributed by atoms with E-state index in [9.17, 15) is 22.0 Å². The van der Waals surface area contributed by atoms with E-state index in [0.717, 1.165) is 12.1 Å². The van der Waals surface area contributed by atoms with Crippen LogP contribution >= 0.6 is 0 Å². The number of hydroxylamine groups is 2. The van der Waals surface area contributed by atoms with E-state index in [1.807, 2.05) is 0 Å². The zero-order valence-electron chi connectivity index (χ0n) is 20.2.